The van der Waals surface area contributed by atoms with Crippen LogP contribution in [0.2, 0.25) is 0 Å². The van der Waals surface area contributed by atoms with Gasteiger partial charge in [0.2, 0.25) is 5.91 Å². The van der Waals surface area contributed by atoms with Crippen LogP contribution in [0.1, 0.15) is 36.5 Å². The summed E-state index contributed by atoms with van der Waals surface area (Å²) in [7, 11) is 0. The van der Waals surface area contributed by atoms with Crippen LogP contribution in [-0.4, -0.2) is 29.9 Å². The van der Waals surface area contributed by atoms with E-state index in [-0.39, 0.29) is 11.7 Å². The topological polar surface area (TPSA) is 56.7 Å². The number of hydrogen-bond donors (Lipinski definition) is 2. The standard InChI is InChI=1S/C22H27FN4O/c1-2-24-22(26-15-19-5-3-6-20(23)13-19)25-14-17-8-10-18(11-9-17)16-27-12-4-7-21(27)28/h3,5-6,8-11,13H,2,4,7,12,14-16H2,1H3,(H2,24,25,26). The molecule has 1 aliphatic rings. The third-order valence-electron chi connectivity index (χ3n) is 4.68. The zero-order valence-electron chi connectivity index (χ0n) is 16.2. The van der Waals surface area contributed by atoms with Gasteiger partial charge < -0.3 is 15.5 Å². The van der Waals surface area contributed by atoms with Gasteiger partial charge in [0.1, 0.15) is 5.82 Å². The van der Waals surface area contributed by atoms with Crippen LogP contribution in [0, 0.1) is 5.82 Å². The smallest absolute Gasteiger partial charge is 0.222 e. The molecule has 1 saturated heterocycles. The summed E-state index contributed by atoms with van der Waals surface area (Å²) in [6.45, 7) is 5.35. The van der Waals surface area contributed by atoms with E-state index in [9.17, 15) is 9.18 Å². The molecule has 2 N–H and O–H groups in total. The first kappa shape index (κ1) is 19.9. The lowest BCUT2D eigenvalue weighted by molar-refractivity contribution is -0.128. The molecule has 1 fully saturated rings. The van der Waals surface area contributed by atoms with E-state index in [1.165, 1.54) is 12.1 Å². The Bertz CT molecular complexity index is 820. The molecule has 2 aromatic rings. The van der Waals surface area contributed by atoms with Crippen LogP contribution < -0.4 is 10.6 Å². The Morgan fingerprint density at radius 2 is 1.89 bits per heavy atom. The SMILES string of the molecule is CCNC(=NCc1cccc(F)c1)NCc1ccc(CN2CCCC2=O)cc1. The Labute approximate surface area is 165 Å². The lowest BCUT2D eigenvalue weighted by Gasteiger charge is -2.16. The van der Waals surface area contributed by atoms with Gasteiger partial charge in [-0.05, 0) is 42.2 Å². The summed E-state index contributed by atoms with van der Waals surface area (Å²) in [5, 5.41) is 6.51. The molecule has 5 nitrogen and oxygen atoms in total. The molecule has 28 heavy (non-hydrogen) atoms. The zero-order valence-corrected chi connectivity index (χ0v) is 16.2. The van der Waals surface area contributed by atoms with E-state index >= 15 is 0 Å². The highest BCUT2D eigenvalue weighted by Crippen LogP contribution is 2.14. The van der Waals surface area contributed by atoms with E-state index in [1.54, 1.807) is 6.07 Å². The summed E-state index contributed by atoms with van der Waals surface area (Å²) >= 11 is 0. The summed E-state index contributed by atoms with van der Waals surface area (Å²) in [6.07, 6.45) is 1.63. The number of nitrogens with one attached hydrogen (secondary N) is 2. The molecule has 0 aromatic heterocycles. The van der Waals surface area contributed by atoms with Gasteiger partial charge in [-0.25, -0.2) is 9.38 Å². The number of aliphatic imine (C=N–C) groups is 1. The second kappa shape index (κ2) is 9.88. The lowest BCUT2D eigenvalue weighted by Crippen LogP contribution is -2.36. The molecule has 0 saturated carbocycles. The number of likely N-dealkylation sites (tertiary alicyclic amines) is 1. The molecule has 0 aliphatic carbocycles. The van der Waals surface area contributed by atoms with Gasteiger partial charge in [-0.15, -0.1) is 0 Å². The predicted octanol–water partition coefficient (Wildman–Crippen LogP) is 3.20. The van der Waals surface area contributed by atoms with E-state index in [0.717, 1.165) is 36.2 Å². The zero-order chi connectivity index (χ0) is 19.8. The van der Waals surface area contributed by atoms with Crippen LogP contribution >= 0.6 is 0 Å². The van der Waals surface area contributed by atoms with Crippen LogP contribution in [0.25, 0.3) is 0 Å². The van der Waals surface area contributed by atoms with Gasteiger partial charge in [0, 0.05) is 32.6 Å². The van der Waals surface area contributed by atoms with Crippen molar-refractivity contribution in [3.63, 3.8) is 0 Å². The Balaban J connectivity index is 1.54. The monoisotopic (exact) mass is 382 g/mol. The maximum absolute atomic E-state index is 13.3. The molecule has 148 valence electrons. The van der Waals surface area contributed by atoms with Crippen LogP contribution in [-0.2, 0) is 24.4 Å². The van der Waals surface area contributed by atoms with Crippen LogP contribution in [0.5, 0.6) is 0 Å². The van der Waals surface area contributed by atoms with E-state index in [0.29, 0.717) is 32.0 Å². The largest absolute Gasteiger partial charge is 0.357 e. The molecule has 1 amide bonds. The molecule has 1 heterocycles. The Morgan fingerprint density at radius 1 is 1.11 bits per heavy atom. The summed E-state index contributed by atoms with van der Waals surface area (Å²) in [5.74, 6) is 0.690. The third kappa shape index (κ3) is 5.81. The van der Waals surface area contributed by atoms with Crippen molar-refractivity contribution < 1.29 is 9.18 Å². The molecule has 6 heteroatoms. The minimum atomic E-state index is -0.249. The third-order valence-corrected chi connectivity index (χ3v) is 4.68. The molecule has 0 spiro atoms. The van der Waals surface area contributed by atoms with Crippen LogP contribution in [0.15, 0.2) is 53.5 Å². The summed E-state index contributed by atoms with van der Waals surface area (Å²) in [6, 6.07) is 14.8. The molecular weight excluding hydrogens is 355 g/mol. The number of halogens is 1. The molecule has 0 unspecified atom stereocenters. The quantitative estimate of drug-likeness (QED) is 0.571. The van der Waals surface area contributed by atoms with Gasteiger partial charge in [-0.3, -0.25) is 4.79 Å². The molecule has 0 bridgehead atoms. The van der Waals surface area contributed by atoms with Gasteiger partial charge in [0.05, 0.1) is 6.54 Å². The summed E-state index contributed by atoms with van der Waals surface area (Å²) in [4.78, 5) is 18.2. The van der Waals surface area contributed by atoms with Crippen molar-refractivity contribution in [2.45, 2.75) is 39.4 Å². The average molecular weight is 382 g/mol. The number of hydrogen-bond acceptors (Lipinski definition) is 2. The Morgan fingerprint density at radius 3 is 2.57 bits per heavy atom. The van der Waals surface area contributed by atoms with Crippen molar-refractivity contribution >= 4 is 11.9 Å². The molecule has 3 rings (SSSR count). The fraction of sp³-hybridized carbons (Fsp3) is 0.364. The number of guanidine groups is 1. The molecule has 1 aliphatic heterocycles. The van der Waals surface area contributed by atoms with E-state index < -0.39 is 0 Å². The fourth-order valence-electron chi connectivity index (χ4n) is 3.19. The number of carbonyl (C=O) groups excluding carboxylic acids is 1. The number of amides is 1. The summed E-state index contributed by atoms with van der Waals surface area (Å²) in [5.41, 5.74) is 3.11. The Hall–Kier alpha value is -2.89. The maximum atomic E-state index is 13.3. The van der Waals surface area contributed by atoms with Crippen LogP contribution in [0.4, 0.5) is 4.39 Å². The van der Waals surface area contributed by atoms with Gasteiger partial charge in [0.15, 0.2) is 5.96 Å². The van der Waals surface area contributed by atoms with Crippen molar-refractivity contribution in [1.82, 2.24) is 15.5 Å². The number of rotatable bonds is 7. The van der Waals surface area contributed by atoms with Crippen molar-refractivity contribution in [2.75, 3.05) is 13.1 Å². The first-order valence-corrected chi connectivity index (χ1v) is 9.76. The minimum absolute atomic E-state index is 0.246. The molecule has 0 radical (unpaired) electrons. The van der Waals surface area contributed by atoms with Crippen molar-refractivity contribution in [1.29, 1.82) is 0 Å². The molecule has 0 atom stereocenters. The first-order chi connectivity index (χ1) is 13.6. The Kier molecular flexibility index (Phi) is 7.00. The second-order valence-corrected chi connectivity index (χ2v) is 6.91. The maximum Gasteiger partial charge on any atom is 0.222 e. The van der Waals surface area contributed by atoms with Crippen LogP contribution in [0.3, 0.4) is 0 Å². The van der Waals surface area contributed by atoms with E-state index in [4.69, 9.17) is 0 Å². The van der Waals surface area contributed by atoms with Crippen molar-refractivity contribution in [3.8, 4) is 0 Å². The fourth-order valence-corrected chi connectivity index (χ4v) is 3.19. The minimum Gasteiger partial charge on any atom is -0.357 e. The first-order valence-electron chi connectivity index (χ1n) is 9.76. The highest BCUT2D eigenvalue weighted by molar-refractivity contribution is 5.79. The number of benzene rings is 2. The summed E-state index contributed by atoms with van der Waals surface area (Å²) < 4.78 is 13.3. The van der Waals surface area contributed by atoms with Gasteiger partial charge in [0.25, 0.3) is 0 Å². The molecule has 2 aromatic carbocycles. The van der Waals surface area contributed by atoms with Crippen molar-refractivity contribution in [3.05, 3.63) is 71.0 Å². The highest BCUT2D eigenvalue weighted by Gasteiger charge is 2.19. The van der Waals surface area contributed by atoms with Gasteiger partial charge in [-0.2, -0.15) is 0 Å². The number of carbonyl (C=O) groups is 1. The van der Waals surface area contributed by atoms with E-state index in [2.05, 4.69) is 39.9 Å². The predicted molar refractivity (Wildman–Crippen MR) is 109 cm³/mol. The normalized spacial score (nSPS) is 14.4. The van der Waals surface area contributed by atoms with Crippen molar-refractivity contribution in [2.24, 2.45) is 4.99 Å². The van der Waals surface area contributed by atoms with Gasteiger partial charge >= 0.3 is 0 Å². The van der Waals surface area contributed by atoms with E-state index in [1.807, 2.05) is 17.9 Å². The lowest BCUT2D eigenvalue weighted by atomic mass is 10.1. The van der Waals surface area contributed by atoms with Gasteiger partial charge in [-0.1, -0.05) is 36.4 Å². The second-order valence-electron chi connectivity index (χ2n) is 6.91. The molecular formula is C22H27FN4O. The average Bonchev–Trinajstić information content (AvgIpc) is 3.10. The number of nitrogens with zero attached hydrogens (tertiary/aromatic N) is 2. The highest BCUT2D eigenvalue weighted by atomic mass is 19.1.